The van der Waals surface area contributed by atoms with Crippen LogP contribution in [-0.2, 0) is 4.79 Å². The molecule has 2 heterocycles. The van der Waals surface area contributed by atoms with Crippen LogP contribution in [0.3, 0.4) is 0 Å². The second kappa shape index (κ2) is 5.61. The topological polar surface area (TPSA) is 67.0 Å². The van der Waals surface area contributed by atoms with E-state index in [-0.39, 0.29) is 11.4 Å². The number of hydrogen-bond donors (Lipinski definition) is 2. The molecule has 5 nitrogen and oxygen atoms in total. The first-order valence-corrected chi connectivity index (χ1v) is 6.46. The molecule has 0 radical (unpaired) electrons. The molecule has 0 aliphatic rings. The van der Waals surface area contributed by atoms with E-state index in [1.165, 1.54) is 18.5 Å². The van der Waals surface area contributed by atoms with Gasteiger partial charge in [-0.1, -0.05) is 11.6 Å². The highest BCUT2D eigenvalue weighted by Crippen LogP contribution is 2.36. The molecule has 2 aromatic heterocycles. The highest BCUT2D eigenvalue weighted by molar-refractivity contribution is 6.36. The van der Waals surface area contributed by atoms with E-state index < -0.39 is 17.4 Å². The summed E-state index contributed by atoms with van der Waals surface area (Å²) in [6.45, 7) is 0. The zero-order valence-electron chi connectivity index (χ0n) is 10.9. The summed E-state index contributed by atoms with van der Waals surface area (Å²) >= 11 is 6.00. The number of ether oxygens (including phenoxy) is 1. The number of fused-ring (bicyclic) bond motifs is 1. The van der Waals surface area contributed by atoms with Gasteiger partial charge in [0.1, 0.15) is 11.4 Å². The minimum Gasteiger partial charge on any atom is -0.450 e. The maximum atomic E-state index is 14.0. The number of aromatic nitrogens is 2. The van der Waals surface area contributed by atoms with Gasteiger partial charge in [0.2, 0.25) is 6.41 Å². The van der Waals surface area contributed by atoms with Crippen LogP contribution in [0, 0.1) is 11.6 Å². The van der Waals surface area contributed by atoms with Gasteiger partial charge in [0.25, 0.3) is 0 Å². The molecular formula is C14H8ClF2N3O2. The minimum absolute atomic E-state index is 0.0168. The minimum atomic E-state index is -0.957. The zero-order valence-corrected chi connectivity index (χ0v) is 11.6. The van der Waals surface area contributed by atoms with Crippen molar-refractivity contribution in [3.05, 3.63) is 47.2 Å². The molecule has 112 valence electrons. The van der Waals surface area contributed by atoms with Crippen molar-refractivity contribution in [3.63, 3.8) is 0 Å². The number of nitrogens with one attached hydrogen (secondary N) is 2. The highest BCUT2D eigenvalue weighted by atomic mass is 35.5. The van der Waals surface area contributed by atoms with Gasteiger partial charge in [-0.3, -0.25) is 4.79 Å². The van der Waals surface area contributed by atoms with Crippen LogP contribution in [0.15, 0.2) is 30.6 Å². The maximum absolute atomic E-state index is 14.0. The zero-order chi connectivity index (χ0) is 15.7. The first kappa shape index (κ1) is 14.3. The van der Waals surface area contributed by atoms with E-state index >= 15 is 0 Å². The Balaban J connectivity index is 2.05. The number of anilines is 1. The van der Waals surface area contributed by atoms with Gasteiger partial charge >= 0.3 is 0 Å². The van der Waals surface area contributed by atoms with Gasteiger partial charge in [-0.05, 0) is 6.07 Å². The largest absolute Gasteiger partial charge is 0.450 e. The molecule has 0 aliphatic carbocycles. The predicted molar refractivity (Wildman–Crippen MR) is 77.2 cm³/mol. The molecule has 22 heavy (non-hydrogen) atoms. The molecule has 3 rings (SSSR count). The quantitative estimate of drug-likeness (QED) is 0.716. The summed E-state index contributed by atoms with van der Waals surface area (Å²) in [5.74, 6) is -2.35. The highest BCUT2D eigenvalue weighted by Gasteiger charge is 2.17. The number of carbonyl (C=O) groups excluding carboxylic acids is 1. The van der Waals surface area contributed by atoms with Crippen LogP contribution in [0.4, 0.5) is 14.5 Å². The summed E-state index contributed by atoms with van der Waals surface area (Å²) < 4.78 is 33.3. The Hall–Kier alpha value is -2.67. The van der Waals surface area contributed by atoms with E-state index in [1.807, 2.05) is 0 Å². The molecule has 0 saturated heterocycles. The molecule has 3 aromatic rings. The van der Waals surface area contributed by atoms with Crippen molar-refractivity contribution in [2.24, 2.45) is 0 Å². The van der Waals surface area contributed by atoms with Gasteiger partial charge in [0.05, 0.1) is 10.4 Å². The lowest BCUT2D eigenvalue weighted by Gasteiger charge is -2.10. The standard InChI is InChI=1S/C14H8ClF2N3O2/c15-8-5-19-14-12(8)11(1-2-18-14)22-13-9(16)3-7(20-6-21)4-10(13)17/h1-6H,(H,18,19)(H,20,21). The number of pyridine rings is 1. The third-order valence-corrected chi connectivity index (χ3v) is 3.22. The molecule has 0 atom stereocenters. The van der Waals surface area contributed by atoms with Gasteiger partial charge in [-0.2, -0.15) is 0 Å². The molecule has 2 N–H and O–H groups in total. The van der Waals surface area contributed by atoms with E-state index in [2.05, 4.69) is 15.3 Å². The third kappa shape index (κ3) is 2.46. The molecule has 0 bridgehead atoms. The summed E-state index contributed by atoms with van der Waals surface area (Å²) in [7, 11) is 0. The van der Waals surface area contributed by atoms with Crippen LogP contribution < -0.4 is 10.1 Å². The van der Waals surface area contributed by atoms with Crippen molar-refractivity contribution in [1.29, 1.82) is 0 Å². The fourth-order valence-electron chi connectivity index (χ4n) is 1.99. The van der Waals surface area contributed by atoms with Crippen LogP contribution in [0.25, 0.3) is 11.0 Å². The Morgan fingerprint density at radius 1 is 1.32 bits per heavy atom. The first-order chi connectivity index (χ1) is 10.6. The van der Waals surface area contributed by atoms with Gasteiger partial charge in [0.15, 0.2) is 17.4 Å². The molecular weight excluding hydrogens is 316 g/mol. The molecule has 1 aromatic carbocycles. The summed E-state index contributed by atoms with van der Waals surface area (Å²) in [6, 6.07) is 3.34. The molecule has 8 heteroatoms. The van der Waals surface area contributed by atoms with E-state index in [0.29, 0.717) is 22.5 Å². The van der Waals surface area contributed by atoms with Crippen LogP contribution in [0.1, 0.15) is 0 Å². The molecule has 0 spiro atoms. The molecule has 1 amide bonds. The van der Waals surface area contributed by atoms with E-state index in [4.69, 9.17) is 16.3 Å². The second-order valence-electron chi connectivity index (χ2n) is 4.30. The fourth-order valence-corrected chi connectivity index (χ4v) is 2.23. The summed E-state index contributed by atoms with van der Waals surface area (Å²) in [5, 5.41) is 2.90. The average molecular weight is 324 g/mol. The van der Waals surface area contributed by atoms with Gasteiger partial charge in [-0.25, -0.2) is 13.8 Å². The lowest BCUT2D eigenvalue weighted by Crippen LogP contribution is -1.99. The van der Waals surface area contributed by atoms with Gasteiger partial charge in [-0.15, -0.1) is 0 Å². The van der Waals surface area contributed by atoms with Gasteiger partial charge < -0.3 is 15.0 Å². The monoisotopic (exact) mass is 323 g/mol. The lowest BCUT2D eigenvalue weighted by atomic mass is 10.2. The number of nitrogens with zero attached hydrogens (tertiary/aromatic N) is 1. The van der Waals surface area contributed by atoms with Crippen molar-refractivity contribution < 1.29 is 18.3 Å². The smallest absolute Gasteiger partial charge is 0.211 e. The number of H-pyrrole nitrogens is 1. The summed E-state index contributed by atoms with van der Waals surface area (Å²) in [6.07, 6.45) is 3.24. The average Bonchev–Trinajstić information content (AvgIpc) is 2.86. The van der Waals surface area contributed by atoms with Crippen molar-refractivity contribution in [1.82, 2.24) is 9.97 Å². The normalized spacial score (nSPS) is 10.7. The Kier molecular flexibility index (Phi) is 3.64. The SMILES string of the molecule is O=CNc1cc(F)c(Oc2ccnc3[nH]cc(Cl)c23)c(F)c1. The van der Waals surface area contributed by atoms with Crippen LogP contribution in [0.5, 0.6) is 11.5 Å². The molecule has 0 fully saturated rings. The van der Waals surface area contributed by atoms with E-state index in [1.54, 1.807) is 0 Å². The lowest BCUT2D eigenvalue weighted by molar-refractivity contribution is -0.105. The Labute approximate surface area is 127 Å². The number of rotatable bonds is 4. The molecule has 0 saturated carbocycles. The fraction of sp³-hybridized carbons (Fsp3) is 0. The van der Waals surface area contributed by atoms with Crippen molar-refractivity contribution >= 4 is 34.7 Å². The van der Waals surface area contributed by atoms with E-state index in [9.17, 15) is 13.6 Å². The summed E-state index contributed by atoms with van der Waals surface area (Å²) in [5.41, 5.74) is 0.416. The predicted octanol–water partition coefficient (Wildman–Crippen LogP) is 3.86. The number of benzene rings is 1. The number of carbonyl (C=O) groups is 1. The van der Waals surface area contributed by atoms with E-state index in [0.717, 1.165) is 12.1 Å². The number of aromatic amines is 1. The number of amides is 1. The van der Waals surface area contributed by atoms with Crippen LogP contribution in [-0.4, -0.2) is 16.4 Å². The van der Waals surface area contributed by atoms with Crippen molar-refractivity contribution in [3.8, 4) is 11.5 Å². The van der Waals surface area contributed by atoms with Crippen molar-refractivity contribution in [2.75, 3.05) is 5.32 Å². The van der Waals surface area contributed by atoms with Crippen molar-refractivity contribution in [2.45, 2.75) is 0 Å². The Morgan fingerprint density at radius 2 is 2.05 bits per heavy atom. The number of halogens is 3. The Morgan fingerprint density at radius 3 is 2.73 bits per heavy atom. The molecule has 0 aliphatic heterocycles. The Bertz CT molecular complexity index is 843. The summed E-state index contributed by atoms with van der Waals surface area (Å²) in [4.78, 5) is 17.2. The number of hydrogen-bond acceptors (Lipinski definition) is 3. The van der Waals surface area contributed by atoms with Crippen LogP contribution >= 0.6 is 11.6 Å². The maximum Gasteiger partial charge on any atom is 0.211 e. The van der Waals surface area contributed by atoms with Gasteiger partial charge in [0, 0.05) is 30.2 Å². The van der Waals surface area contributed by atoms with Crippen LogP contribution in [0.2, 0.25) is 5.02 Å². The second-order valence-corrected chi connectivity index (χ2v) is 4.71. The first-order valence-electron chi connectivity index (χ1n) is 6.09. The third-order valence-electron chi connectivity index (χ3n) is 2.92. The molecule has 0 unspecified atom stereocenters.